The molecular weight excluding hydrogens is 558 g/mol. The second-order valence-electron chi connectivity index (χ2n) is 7.27. The summed E-state index contributed by atoms with van der Waals surface area (Å²) in [5, 5.41) is 5.96. The summed E-state index contributed by atoms with van der Waals surface area (Å²) in [5.74, 6) is -1.97. The predicted molar refractivity (Wildman–Crippen MR) is 132 cm³/mol. The van der Waals surface area contributed by atoms with Crippen LogP contribution in [-0.4, -0.2) is 55.1 Å². The molecule has 0 unspecified atom stereocenters. The molecule has 34 heavy (non-hydrogen) atoms. The van der Waals surface area contributed by atoms with Crippen molar-refractivity contribution >= 4 is 52.2 Å². The topological polar surface area (TPSA) is 109 Å². The number of para-hydroxylation sites is 1. The molecular formula is C23H24FIN4O5. The van der Waals surface area contributed by atoms with Crippen molar-refractivity contribution < 1.29 is 28.2 Å². The van der Waals surface area contributed by atoms with Crippen molar-refractivity contribution in [2.24, 2.45) is 5.10 Å². The summed E-state index contributed by atoms with van der Waals surface area (Å²) in [5.41, 5.74) is 2.56. The van der Waals surface area contributed by atoms with Gasteiger partial charge >= 0.3 is 11.8 Å². The van der Waals surface area contributed by atoms with Gasteiger partial charge in [-0.3, -0.25) is 14.4 Å². The molecule has 0 bridgehead atoms. The third-order valence-electron chi connectivity index (χ3n) is 4.84. The lowest BCUT2D eigenvalue weighted by molar-refractivity contribution is -0.136. The first-order valence-corrected chi connectivity index (χ1v) is 11.7. The quantitative estimate of drug-likeness (QED) is 0.216. The smallest absolute Gasteiger partial charge is 0.329 e. The maximum atomic E-state index is 13.6. The first-order valence-electron chi connectivity index (χ1n) is 10.6. The van der Waals surface area contributed by atoms with E-state index in [-0.39, 0.29) is 18.2 Å². The number of likely N-dealkylation sites (tertiary alicyclic amines) is 1. The van der Waals surface area contributed by atoms with E-state index in [9.17, 15) is 18.8 Å². The molecule has 9 nitrogen and oxygen atoms in total. The lowest BCUT2D eigenvalue weighted by Gasteiger charge is -2.18. The summed E-state index contributed by atoms with van der Waals surface area (Å²) in [7, 11) is 0. The van der Waals surface area contributed by atoms with Crippen molar-refractivity contribution in [3.05, 3.63) is 51.3 Å². The highest BCUT2D eigenvalue weighted by atomic mass is 127. The number of nitrogens with one attached hydrogen (secondary N) is 2. The first-order chi connectivity index (χ1) is 16.4. The van der Waals surface area contributed by atoms with Gasteiger partial charge in [0.05, 0.1) is 22.1 Å². The van der Waals surface area contributed by atoms with Crippen LogP contribution in [0.2, 0.25) is 0 Å². The van der Waals surface area contributed by atoms with E-state index in [4.69, 9.17) is 9.47 Å². The first kappa shape index (κ1) is 25.4. The molecule has 0 saturated carbocycles. The van der Waals surface area contributed by atoms with Gasteiger partial charge in [0, 0.05) is 13.1 Å². The lowest BCUT2D eigenvalue weighted by atomic mass is 10.2. The third kappa shape index (κ3) is 6.89. The Bertz CT molecular complexity index is 1090. The Balaban J connectivity index is 1.62. The number of hydrogen-bond acceptors (Lipinski definition) is 6. The Kier molecular flexibility index (Phi) is 9.19. The molecule has 1 aliphatic heterocycles. The largest absolute Gasteiger partial charge is 0.490 e. The summed E-state index contributed by atoms with van der Waals surface area (Å²) in [6, 6.07) is 8.88. The van der Waals surface area contributed by atoms with E-state index in [1.807, 2.05) is 6.92 Å². The summed E-state index contributed by atoms with van der Waals surface area (Å²) in [6.07, 6.45) is 3.34. The van der Waals surface area contributed by atoms with Crippen LogP contribution in [0.4, 0.5) is 10.1 Å². The molecule has 1 saturated heterocycles. The molecule has 1 heterocycles. The van der Waals surface area contributed by atoms with E-state index in [0.717, 1.165) is 25.9 Å². The van der Waals surface area contributed by atoms with Crippen molar-refractivity contribution in [3.8, 4) is 11.5 Å². The summed E-state index contributed by atoms with van der Waals surface area (Å²) in [6.45, 7) is 3.60. The average Bonchev–Trinajstić information content (AvgIpc) is 3.35. The van der Waals surface area contributed by atoms with Crippen molar-refractivity contribution in [2.75, 3.05) is 31.6 Å². The zero-order valence-corrected chi connectivity index (χ0v) is 20.6. The summed E-state index contributed by atoms with van der Waals surface area (Å²) in [4.78, 5) is 38.0. The van der Waals surface area contributed by atoms with Crippen LogP contribution in [0, 0.1) is 9.39 Å². The fourth-order valence-electron chi connectivity index (χ4n) is 3.22. The number of halogens is 2. The van der Waals surface area contributed by atoms with Gasteiger partial charge in [-0.2, -0.15) is 5.10 Å². The molecule has 1 aliphatic rings. The molecule has 0 radical (unpaired) electrons. The number of nitrogens with zero attached hydrogens (tertiary/aromatic N) is 2. The second-order valence-corrected chi connectivity index (χ2v) is 8.43. The fraction of sp³-hybridized carbons (Fsp3) is 0.304. The average molecular weight is 582 g/mol. The van der Waals surface area contributed by atoms with Crippen molar-refractivity contribution in [1.82, 2.24) is 10.3 Å². The number of anilines is 1. The van der Waals surface area contributed by atoms with E-state index in [0.29, 0.717) is 27.2 Å². The highest BCUT2D eigenvalue weighted by Gasteiger charge is 2.20. The number of ether oxygens (including phenoxy) is 2. The molecule has 11 heteroatoms. The Morgan fingerprint density at radius 1 is 1.15 bits per heavy atom. The molecule has 2 aromatic carbocycles. The van der Waals surface area contributed by atoms with Crippen molar-refractivity contribution in [3.63, 3.8) is 0 Å². The van der Waals surface area contributed by atoms with Crippen LogP contribution in [-0.2, 0) is 14.4 Å². The molecule has 0 spiro atoms. The number of carbonyl (C=O) groups is 3. The maximum Gasteiger partial charge on any atom is 0.329 e. The van der Waals surface area contributed by atoms with Gasteiger partial charge in [0.2, 0.25) is 0 Å². The second kappa shape index (κ2) is 12.3. The zero-order chi connectivity index (χ0) is 24.5. The Labute approximate surface area is 209 Å². The Morgan fingerprint density at radius 2 is 1.88 bits per heavy atom. The summed E-state index contributed by atoms with van der Waals surface area (Å²) < 4.78 is 25.7. The van der Waals surface area contributed by atoms with E-state index < -0.39 is 17.6 Å². The SMILES string of the molecule is CCOc1cc(/C=N\NC(=O)C(=O)Nc2ccccc2F)cc(I)c1OCC(=O)N1CCCC1. The fourth-order valence-corrected chi connectivity index (χ4v) is 4.00. The minimum absolute atomic E-state index is 0.0715. The zero-order valence-electron chi connectivity index (χ0n) is 18.5. The molecule has 3 amide bonds. The highest BCUT2D eigenvalue weighted by molar-refractivity contribution is 14.1. The van der Waals surface area contributed by atoms with Gasteiger partial charge in [0.15, 0.2) is 18.1 Å². The number of rotatable bonds is 8. The number of hydrogen-bond donors (Lipinski definition) is 2. The van der Waals surface area contributed by atoms with Crippen LogP contribution < -0.4 is 20.2 Å². The molecule has 2 aromatic rings. The van der Waals surface area contributed by atoms with Gasteiger partial charge in [0.25, 0.3) is 5.91 Å². The van der Waals surface area contributed by atoms with Gasteiger partial charge in [-0.1, -0.05) is 12.1 Å². The number of carbonyl (C=O) groups excluding carboxylic acids is 3. The molecule has 0 aromatic heterocycles. The lowest BCUT2D eigenvalue weighted by Crippen LogP contribution is -2.32. The Hall–Kier alpha value is -3.22. The predicted octanol–water partition coefficient (Wildman–Crippen LogP) is 2.92. The molecule has 3 rings (SSSR count). The van der Waals surface area contributed by atoms with Crippen LogP contribution in [0.1, 0.15) is 25.3 Å². The van der Waals surface area contributed by atoms with Gasteiger partial charge in [-0.15, -0.1) is 0 Å². The highest BCUT2D eigenvalue weighted by Crippen LogP contribution is 2.34. The van der Waals surface area contributed by atoms with Crippen LogP contribution in [0.15, 0.2) is 41.5 Å². The summed E-state index contributed by atoms with van der Waals surface area (Å²) >= 11 is 2.06. The molecule has 180 valence electrons. The molecule has 0 aliphatic carbocycles. The van der Waals surface area contributed by atoms with Crippen LogP contribution in [0.25, 0.3) is 0 Å². The van der Waals surface area contributed by atoms with Gasteiger partial charge in [-0.25, -0.2) is 9.82 Å². The van der Waals surface area contributed by atoms with Crippen LogP contribution in [0.5, 0.6) is 11.5 Å². The maximum absolute atomic E-state index is 13.6. The number of amides is 3. The minimum Gasteiger partial charge on any atom is -0.490 e. The van der Waals surface area contributed by atoms with E-state index in [1.165, 1.54) is 30.5 Å². The molecule has 1 fully saturated rings. The van der Waals surface area contributed by atoms with Gasteiger partial charge in [0.1, 0.15) is 5.82 Å². The van der Waals surface area contributed by atoms with Crippen LogP contribution in [0.3, 0.4) is 0 Å². The van der Waals surface area contributed by atoms with E-state index >= 15 is 0 Å². The Morgan fingerprint density at radius 3 is 2.59 bits per heavy atom. The van der Waals surface area contributed by atoms with E-state index in [1.54, 1.807) is 17.0 Å². The third-order valence-corrected chi connectivity index (χ3v) is 5.64. The van der Waals surface area contributed by atoms with Crippen molar-refractivity contribution in [1.29, 1.82) is 0 Å². The normalized spacial score (nSPS) is 13.1. The molecule has 2 N–H and O–H groups in total. The van der Waals surface area contributed by atoms with Gasteiger partial charge < -0.3 is 19.7 Å². The van der Waals surface area contributed by atoms with Gasteiger partial charge in [-0.05, 0) is 72.2 Å². The van der Waals surface area contributed by atoms with Crippen molar-refractivity contribution in [2.45, 2.75) is 19.8 Å². The number of hydrazone groups is 1. The minimum atomic E-state index is -1.06. The monoisotopic (exact) mass is 582 g/mol. The molecule has 0 atom stereocenters. The number of benzene rings is 2. The van der Waals surface area contributed by atoms with Crippen LogP contribution >= 0.6 is 22.6 Å². The standard InChI is InChI=1S/C23H24FIN4O5/c1-2-33-19-12-15(11-17(25)21(19)34-14-20(30)29-9-5-6-10-29)13-26-28-23(32)22(31)27-18-8-4-3-7-16(18)24/h3-4,7-8,11-13H,2,5-6,9-10,14H2,1H3,(H,27,31)(H,28,32)/b26-13-. The van der Waals surface area contributed by atoms with E-state index in [2.05, 4.69) is 38.4 Å².